The molecule has 3 rings (SSSR count). The molecule has 1 aromatic carbocycles. The van der Waals surface area contributed by atoms with Crippen LogP contribution in [-0.2, 0) is 16.1 Å². The maximum atomic E-state index is 12.8. The lowest BCUT2D eigenvalue weighted by molar-refractivity contribution is -0.154. The highest BCUT2D eigenvalue weighted by atomic mass is 16.3. The van der Waals surface area contributed by atoms with Gasteiger partial charge in [-0.2, -0.15) is 0 Å². The number of rotatable bonds is 2. The summed E-state index contributed by atoms with van der Waals surface area (Å²) in [6.45, 7) is 2.10. The Hall–Kier alpha value is -2.04. The lowest BCUT2D eigenvalue weighted by Gasteiger charge is -2.43. The van der Waals surface area contributed by atoms with Crippen molar-refractivity contribution in [2.75, 3.05) is 0 Å². The highest BCUT2D eigenvalue weighted by Crippen LogP contribution is 2.35. The highest BCUT2D eigenvalue weighted by molar-refractivity contribution is 5.99. The van der Waals surface area contributed by atoms with Gasteiger partial charge in [0.25, 0.3) is 0 Å². The monoisotopic (exact) mass is 288 g/mol. The number of amides is 2. The molecule has 0 bridgehead atoms. The number of aromatic hydroxyl groups is 1. The number of phenols is 1. The average Bonchev–Trinajstić information content (AvgIpc) is 2.91. The van der Waals surface area contributed by atoms with E-state index in [9.17, 15) is 14.7 Å². The van der Waals surface area contributed by atoms with Crippen LogP contribution in [0.25, 0.3) is 0 Å². The second-order valence-corrected chi connectivity index (χ2v) is 6.06. The molecule has 5 heteroatoms. The van der Waals surface area contributed by atoms with E-state index in [4.69, 9.17) is 0 Å². The van der Waals surface area contributed by atoms with Crippen LogP contribution < -0.4 is 5.32 Å². The summed E-state index contributed by atoms with van der Waals surface area (Å²) in [6, 6.07) is 6.35. The number of nitrogens with one attached hydrogen (secondary N) is 1. The summed E-state index contributed by atoms with van der Waals surface area (Å²) in [5, 5.41) is 12.5. The molecule has 1 heterocycles. The number of hydrogen-bond donors (Lipinski definition) is 2. The van der Waals surface area contributed by atoms with Crippen molar-refractivity contribution in [3.8, 4) is 5.75 Å². The molecular formula is C16H20N2O3. The molecule has 2 N–H and O–H groups in total. The van der Waals surface area contributed by atoms with Crippen LogP contribution in [0.1, 0.15) is 38.2 Å². The summed E-state index contributed by atoms with van der Waals surface area (Å²) in [6.07, 6.45) is 3.39. The Balaban J connectivity index is 1.88. The van der Waals surface area contributed by atoms with Crippen molar-refractivity contribution < 1.29 is 14.7 Å². The van der Waals surface area contributed by atoms with Gasteiger partial charge in [0.05, 0.1) is 0 Å². The van der Waals surface area contributed by atoms with Crippen molar-refractivity contribution in [2.24, 2.45) is 0 Å². The van der Waals surface area contributed by atoms with E-state index in [2.05, 4.69) is 5.32 Å². The summed E-state index contributed by atoms with van der Waals surface area (Å²) in [4.78, 5) is 26.7. The molecule has 112 valence electrons. The van der Waals surface area contributed by atoms with E-state index >= 15 is 0 Å². The van der Waals surface area contributed by atoms with Gasteiger partial charge in [0.15, 0.2) is 0 Å². The van der Waals surface area contributed by atoms with Crippen molar-refractivity contribution in [3.05, 3.63) is 29.8 Å². The third-order valence-electron chi connectivity index (χ3n) is 4.60. The van der Waals surface area contributed by atoms with Crippen molar-refractivity contribution in [3.63, 3.8) is 0 Å². The number of carbonyl (C=O) groups excluding carboxylic acids is 2. The van der Waals surface area contributed by atoms with Crippen LogP contribution in [0, 0.1) is 0 Å². The van der Waals surface area contributed by atoms with E-state index in [0.717, 1.165) is 31.2 Å². The van der Waals surface area contributed by atoms with Gasteiger partial charge in [0, 0.05) is 6.54 Å². The average molecular weight is 288 g/mol. The molecule has 1 saturated heterocycles. The molecule has 1 aliphatic heterocycles. The van der Waals surface area contributed by atoms with E-state index in [1.807, 2.05) is 6.07 Å². The van der Waals surface area contributed by atoms with Crippen LogP contribution in [0.15, 0.2) is 24.3 Å². The first-order valence-corrected chi connectivity index (χ1v) is 7.43. The quantitative estimate of drug-likeness (QED) is 0.867. The van der Waals surface area contributed by atoms with E-state index in [-0.39, 0.29) is 17.6 Å². The van der Waals surface area contributed by atoms with E-state index in [1.165, 1.54) is 0 Å². The van der Waals surface area contributed by atoms with Crippen molar-refractivity contribution >= 4 is 11.8 Å². The highest BCUT2D eigenvalue weighted by Gasteiger charge is 2.50. The van der Waals surface area contributed by atoms with E-state index in [1.54, 1.807) is 30.0 Å². The minimum Gasteiger partial charge on any atom is -0.508 e. The largest absolute Gasteiger partial charge is 0.508 e. The molecule has 1 aromatic rings. The van der Waals surface area contributed by atoms with E-state index < -0.39 is 11.6 Å². The van der Waals surface area contributed by atoms with Crippen molar-refractivity contribution in [1.82, 2.24) is 10.2 Å². The summed E-state index contributed by atoms with van der Waals surface area (Å²) >= 11 is 0. The lowest BCUT2D eigenvalue weighted by atomic mass is 9.90. The first-order valence-electron chi connectivity index (χ1n) is 7.43. The molecule has 2 amide bonds. The summed E-state index contributed by atoms with van der Waals surface area (Å²) < 4.78 is 0. The topological polar surface area (TPSA) is 69.6 Å². The Morgan fingerprint density at radius 3 is 2.71 bits per heavy atom. The minimum absolute atomic E-state index is 0.00967. The first kappa shape index (κ1) is 13.9. The minimum atomic E-state index is -0.694. The third kappa shape index (κ3) is 2.37. The fourth-order valence-corrected chi connectivity index (χ4v) is 3.36. The lowest BCUT2D eigenvalue weighted by Crippen LogP contribution is -2.68. The Labute approximate surface area is 123 Å². The van der Waals surface area contributed by atoms with Crippen LogP contribution >= 0.6 is 0 Å². The van der Waals surface area contributed by atoms with Gasteiger partial charge in [-0.1, -0.05) is 25.0 Å². The molecular weight excluding hydrogens is 268 g/mol. The Kier molecular flexibility index (Phi) is 3.35. The number of phenolic OH excluding ortho intramolecular Hbond substituents is 1. The summed E-state index contributed by atoms with van der Waals surface area (Å²) in [5.41, 5.74) is 0.137. The fraction of sp³-hybridized carbons (Fsp3) is 0.500. The van der Waals surface area contributed by atoms with Gasteiger partial charge in [-0.25, -0.2) is 0 Å². The Bertz CT molecular complexity index is 579. The maximum Gasteiger partial charge on any atom is 0.249 e. The number of hydrogen-bond acceptors (Lipinski definition) is 3. The number of nitrogens with zero attached hydrogens (tertiary/aromatic N) is 1. The zero-order valence-corrected chi connectivity index (χ0v) is 12.1. The smallest absolute Gasteiger partial charge is 0.249 e. The molecule has 21 heavy (non-hydrogen) atoms. The number of carbonyl (C=O) groups is 2. The number of piperazine rings is 1. The van der Waals surface area contributed by atoms with Crippen LogP contribution in [0.5, 0.6) is 5.75 Å². The van der Waals surface area contributed by atoms with Crippen molar-refractivity contribution in [1.29, 1.82) is 0 Å². The molecule has 1 unspecified atom stereocenters. The Morgan fingerprint density at radius 2 is 2.05 bits per heavy atom. The molecule has 2 aliphatic rings. The number of benzene rings is 1. The molecule has 2 fully saturated rings. The van der Waals surface area contributed by atoms with Gasteiger partial charge in [0.1, 0.15) is 17.3 Å². The first-order chi connectivity index (χ1) is 10.0. The van der Waals surface area contributed by atoms with Gasteiger partial charge >= 0.3 is 0 Å². The second-order valence-electron chi connectivity index (χ2n) is 6.06. The van der Waals surface area contributed by atoms with Gasteiger partial charge < -0.3 is 15.3 Å². The normalized spacial score (nSPS) is 24.4. The van der Waals surface area contributed by atoms with Crippen LogP contribution in [0.4, 0.5) is 0 Å². The van der Waals surface area contributed by atoms with Crippen molar-refractivity contribution in [2.45, 2.75) is 50.7 Å². The molecule has 1 aliphatic carbocycles. The second kappa shape index (κ2) is 5.06. The summed E-state index contributed by atoms with van der Waals surface area (Å²) in [7, 11) is 0. The predicted molar refractivity (Wildman–Crippen MR) is 77.5 cm³/mol. The predicted octanol–water partition coefficient (Wildman–Crippen LogP) is 1.55. The van der Waals surface area contributed by atoms with Gasteiger partial charge in [-0.05, 0) is 37.5 Å². The zero-order valence-electron chi connectivity index (χ0n) is 12.1. The third-order valence-corrected chi connectivity index (χ3v) is 4.60. The summed E-state index contributed by atoms with van der Waals surface area (Å²) in [5.74, 6) is 0.0942. The molecule has 0 aromatic heterocycles. The van der Waals surface area contributed by atoms with Gasteiger partial charge in [-0.15, -0.1) is 0 Å². The molecule has 1 saturated carbocycles. The molecule has 5 nitrogen and oxygen atoms in total. The van der Waals surface area contributed by atoms with Crippen LogP contribution in [0.2, 0.25) is 0 Å². The van der Waals surface area contributed by atoms with E-state index in [0.29, 0.717) is 6.54 Å². The fourth-order valence-electron chi connectivity index (χ4n) is 3.36. The van der Waals surface area contributed by atoms with Gasteiger partial charge in [-0.3, -0.25) is 9.59 Å². The van der Waals surface area contributed by atoms with Crippen LogP contribution in [-0.4, -0.2) is 33.4 Å². The Morgan fingerprint density at radius 1 is 1.33 bits per heavy atom. The maximum absolute atomic E-state index is 12.8. The van der Waals surface area contributed by atoms with Crippen LogP contribution in [0.3, 0.4) is 0 Å². The zero-order chi connectivity index (χ0) is 15.0. The van der Waals surface area contributed by atoms with Gasteiger partial charge in [0.2, 0.25) is 11.8 Å². The molecule has 1 spiro atoms. The standard InChI is InChI=1S/C16H20N2O3/c1-11-14(20)17-16(7-2-3-8-16)15(21)18(11)10-12-5-4-6-13(19)9-12/h4-6,9,11,19H,2-3,7-8,10H2,1H3,(H,17,20). The SMILES string of the molecule is CC1C(=O)NC2(CCCC2)C(=O)N1Cc1cccc(O)c1. The molecule has 1 atom stereocenters. The molecule has 0 radical (unpaired) electrons.